The quantitative estimate of drug-likeness (QED) is 0.495. The molecule has 1 aromatic carbocycles. The van der Waals surface area contributed by atoms with Crippen molar-refractivity contribution < 1.29 is 4.74 Å². The van der Waals surface area contributed by atoms with Crippen LogP contribution in [0.2, 0.25) is 0 Å². The van der Waals surface area contributed by atoms with Crippen LogP contribution >= 0.6 is 22.6 Å². The monoisotopic (exact) mass is 356 g/mol. The number of halogens is 1. The standard InChI is InChI=1S/C12H13IN4O/c1-18-12-11(15-5-6-16-12)10(17-14)8-3-2-4-9(13)7-8/h2-7,10,17H,14H2,1H3. The van der Waals surface area contributed by atoms with Crippen molar-refractivity contribution in [2.45, 2.75) is 6.04 Å². The van der Waals surface area contributed by atoms with Crippen LogP contribution in [0.25, 0.3) is 0 Å². The van der Waals surface area contributed by atoms with E-state index in [1.54, 1.807) is 19.5 Å². The van der Waals surface area contributed by atoms with E-state index >= 15 is 0 Å². The van der Waals surface area contributed by atoms with E-state index in [1.807, 2.05) is 24.3 Å². The molecule has 0 saturated heterocycles. The van der Waals surface area contributed by atoms with Crippen molar-refractivity contribution in [3.8, 4) is 5.88 Å². The lowest BCUT2D eigenvalue weighted by molar-refractivity contribution is 0.383. The van der Waals surface area contributed by atoms with Crippen LogP contribution in [0.4, 0.5) is 0 Å². The Hall–Kier alpha value is -1.25. The van der Waals surface area contributed by atoms with Crippen LogP contribution in [-0.4, -0.2) is 17.1 Å². The third kappa shape index (κ3) is 2.77. The third-order valence-electron chi connectivity index (χ3n) is 2.51. The SMILES string of the molecule is COc1nccnc1C(NN)c1cccc(I)c1. The van der Waals surface area contributed by atoms with Gasteiger partial charge in [-0.2, -0.15) is 0 Å². The molecule has 94 valence electrons. The average Bonchev–Trinajstić information content (AvgIpc) is 2.40. The Bertz CT molecular complexity index is 535. The first-order chi connectivity index (χ1) is 8.76. The van der Waals surface area contributed by atoms with E-state index in [-0.39, 0.29) is 6.04 Å². The highest BCUT2D eigenvalue weighted by Gasteiger charge is 2.19. The number of aromatic nitrogens is 2. The molecule has 0 fully saturated rings. The molecule has 0 bridgehead atoms. The van der Waals surface area contributed by atoms with Crippen LogP contribution in [0.1, 0.15) is 17.3 Å². The summed E-state index contributed by atoms with van der Waals surface area (Å²) in [5.74, 6) is 6.11. The minimum absolute atomic E-state index is 0.247. The van der Waals surface area contributed by atoms with Crippen molar-refractivity contribution in [1.82, 2.24) is 15.4 Å². The van der Waals surface area contributed by atoms with Crippen molar-refractivity contribution >= 4 is 22.6 Å². The Morgan fingerprint density at radius 3 is 2.78 bits per heavy atom. The van der Waals surface area contributed by atoms with Crippen LogP contribution in [0, 0.1) is 3.57 Å². The smallest absolute Gasteiger partial charge is 0.237 e. The fourth-order valence-electron chi connectivity index (χ4n) is 1.71. The highest BCUT2D eigenvalue weighted by atomic mass is 127. The average molecular weight is 356 g/mol. The number of hydrogen-bond acceptors (Lipinski definition) is 5. The first-order valence-corrected chi connectivity index (χ1v) is 6.40. The van der Waals surface area contributed by atoms with E-state index in [9.17, 15) is 0 Å². The number of hydrogen-bond donors (Lipinski definition) is 2. The molecule has 0 aliphatic rings. The molecule has 6 heteroatoms. The molecule has 2 aromatic rings. The fraction of sp³-hybridized carbons (Fsp3) is 0.167. The Kier molecular flexibility index (Phi) is 4.45. The number of rotatable bonds is 4. The predicted octanol–water partition coefficient (Wildman–Crippen LogP) is 1.64. The summed E-state index contributed by atoms with van der Waals surface area (Å²) in [5.41, 5.74) is 4.44. The molecule has 0 aliphatic heterocycles. The van der Waals surface area contributed by atoms with Crippen LogP contribution in [0.15, 0.2) is 36.7 Å². The Morgan fingerprint density at radius 1 is 1.33 bits per heavy atom. The predicted molar refractivity (Wildman–Crippen MR) is 76.9 cm³/mol. The van der Waals surface area contributed by atoms with Crippen LogP contribution in [-0.2, 0) is 0 Å². The van der Waals surface area contributed by atoms with Crippen molar-refractivity contribution in [3.63, 3.8) is 0 Å². The maximum Gasteiger partial charge on any atom is 0.237 e. The molecule has 0 spiro atoms. The zero-order chi connectivity index (χ0) is 13.0. The van der Waals surface area contributed by atoms with Gasteiger partial charge in [0, 0.05) is 16.0 Å². The summed E-state index contributed by atoms with van der Waals surface area (Å²) >= 11 is 2.26. The summed E-state index contributed by atoms with van der Waals surface area (Å²) in [6.45, 7) is 0. The summed E-state index contributed by atoms with van der Waals surface area (Å²) < 4.78 is 6.34. The molecule has 2 rings (SSSR count). The summed E-state index contributed by atoms with van der Waals surface area (Å²) in [5, 5.41) is 0. The molecule has 0 aliphatic carbocycles. The first-order valence-electron chi connectivity index (χ1n) is 5.32. The second kappa shape index (κ2) is 6.07. The largest absolute Gasteiger partial charge is 0.480 e. The van der Waals surface area contributed by atoms with E-state index in [2.05, 4.69) is 38.0 Å². The van der Waals surface area contributed by atoms with Crippen LogP contribution in [0.5, 0.6) is 5.88 Å². The van der Waals surface area contributed by atoms with Crippen molar-refractivity contribution in [1.29, 1.82) is 0 Å². The van der Waals surface area contributed by atoms with E-state index in [4.69, 9.17) is 10.6 Å². The van der Waals surface area contributed by atoms with E-state index < -0.39 is 0 Å². The third-order valence-corrected chi connectivity index (χ3v) is 3.18. The molecule has 1 heterocycles. The van der Waals surface area contributed by atoms with Crippen LogP contribution in [0.3, 0.4) is 0 Å². The van der Waals surface area contributed by atoms with E-state index in [0.717, 1.165) is 9.13 Å². The number of nitrogens with two attached hydrogens (primary N) is 1. The number of nitrogens with zero attached hydrogens (tertiary/aromatic N) is 2. The number of ether oxygens (including phenoxy) is 1. The van der Waals surface area contributed by atoms with Crippen molar-refractivity contribution in [3.05, 3.63) is 51.5 Å². The normalized spacial score (nSPS) is 12.2. The Balaban J connectivity index is 2.45. The molecule has 3 N–H and O–H groups in total. The molecule has 0 amide bonds. The number of benzene rings is 1. The van der Waals surface area contributed by atoms with Gasteiger partial charge in [-0.1, -0.05) is 12.1 Å². The molecular formula is C12H13IN4O. The van der Waals surface area contributed by atoms with Gasteiger partial charge in [0.2, 0.25) is 5.88 Å². The molecule has 0 radical (unpaired) electrons. The van der Waals surface area contributed by atoms with Gasteiger partial charge in [-0.25, -0.2) is 10.4 Å². The van der Waals surface area contributed by atoms with E-state index in [0.29, 0.717) is 11.6 Å². The van der Waals surface area contributed by atoms with Crippen molar-refractivity contribution in [2.75, 3.05) is 7.11 Å². The Morgan fingerprint density at radius 2 is 2.11 bits per heavy atom. The second-order valence-electron chi connectivity index (χ2n) is 3.61. The summed E-state index contributed by atoms with van der Waals surface area (Å²) in [6.07, 6.45) is 3.21. The molecule has 1 atom stereocenters. The highest BCUT2D eigenvalue weighted by molar-refractivity contribution is 14.1. The van der Waals surface area contributed by atoms with Gasteiger partial charge >= 0.3 is 0 Å². The van der Waals surface area contributed by atoms with Gasteiger partial charge in [0.25, 0.3) is 0 Å². The van der Waals surface area contributed by atoms with Gasteiger partial charge in [0.05, 0.1) is 13.2 Å². The highest BCUT2D eigenvalue weighted by Crippen LogP contribution is 2.26. The molecular weight excluding hydrogens is 343 g/mol. The summed E-state index contributed by atoms with van der Waals surface area (Å²) in [6, 6.07) is 7.78. The number of methoxy groups -OCH3 is 1. The van der Waals surface area contributed by atoms with Gasteiger partial charge < -0.3 is 4.74 Å². The lowest BCUT2D eigenvalue weighted by Crippen LogP contribution is -2.30. The Labute approximate surface area is 119 Å². The molecule has 1 unspecified atom stereocenters. The lowest BCUT2D eigenvalue weighted by atomic mass is 10.0. The second-order valence-corrected chi connectivity index (χ2v) is 4.85. The summed E-state index contributed by atoms with van der Waals surface area (Å²) in [7, 11) is 1.57. The maximum atomic E-state index is 5.63. The molecule has 1 aromatic heterocycles. The maximum absolute atomic E-state index is 5.63. The molecule has 5 nitrogen and oxygen atoms in total. The van der Waals surface area contributed by atoms with Crippen LogP contribution < -0.4 is 16.0 Å². The van der Waals surface area contributed by atoms with Crippen molar-refractivity contribution in [2.24, 2.45) is 5.84 Å². The number of hydrazine groups is 1. The molecule has 18 heavy (non-hydrogen) atoms. The minimum atomic E-state index is -0.247. The number of nitrogens with one attached hydrogen (secondary N) is 1. The molecule has 0 saturated carbocycles. The first kappa shape index (κ1) is 13.2. The zero-order valence-electron chi connectivity index (χ0n) is 9.80. The minimum Gasteiger partial charge on any atom is -0.480 e. The topological polar surface area (TPSA) is 73.1 Å². The van der Waals surface area contributed by atoms with Gasteiger partial charge in [0.1, 0.15) is 5.69 Å². The van der Waals surface area contributed by atoms with E-state index in [1.165, 1.54) is 0 Å². The van der Waals surface area contributed by atoms with Gasteiger partial charge in [-0.05, 0) is 40.3 Å². The van der Waals surface area contributed by atoms with Gasteiger partial charge in [0.15, 0.2) is 0 Å². The zero-order valence-corrected chi connectivity index (χ0v) is 12.0. The lowest BCUT2D eigenvalue weighted by Gasteiger charge is -2.17. The fourth-order valence-corrected chi connectivity index (χ4v) is 2.28. The van der Waals surface area contributed by atoms with Gasteiger partial charge in [-0.3, -0.25) is 10.8 Å². The van der Waals surface area contributed by atoms with Gasteiger partial charge in [-0.15, -0.1) is 0 Å². The summed E-state index contributed by atoms with van der Waals surface area (Å²) in [4.78, 5) is 8.43.